The van der Waals surface area contributed by atoms with E-state index in [9.17, 15) is 17.0 Å². The zero-order chi connectivity index (χ0) is 15.8. The predicted octanol–water partition coefficient (Wildman–Crippen LogP) is 0.844. The third-order valence-corrected chi connectivity index (χ3v) is 7.08. The van der Waals surface area contributed by atoms with E-state index in [4.69, 9.17) is 4.74 Å². The molecule has 2 rings (SSSR count). The number of anilines is 1. The van der Waals surface area contributed by atoms with Gasteiger partial charge in [-0.05, 0) is 12.1 Å². The molecule has 0 spiro atoms. The molecule has 7 nitrogen and oxygen atoms in total. The second-order valence-corrected chi connectivity index (χ2v) is 8.85. The van der Waals surface area contributed by atoms with Crippen molar-refractivity contribution in [3.8, 4) is 5.75 Å². The molecule has 1 unspecified atom stereocenters. The molecule has 0 aromatic heterocycles. The van der Waals surface area contributed by atoms with Crippen LogP contribution in [0.2, 0.25) is 0 Å². The van der Waals surface area contributed by atoms with Gasteiger partial charge in [0.1, 0.15) is 28.1 Å². The SMILES string of the molecule is CN(C)S(C)(=O)=NS(=O)(=O)N1CCOc2ccc(F)cc21. The summed E-state index contributed by atoms with van der Waals surface area (Å²) in [6, 6.07) is 3.57. The van der Waals surface area contributed by atoms with E-state index in [1.54, 1.807) is 0 Å². The molecule has 1 aromatic rings. The first-order valence-corrected chi connectivity index (χ1v) is 9.27. The van der Waals surface area contributed by atoms with Gasteiger partial charge in [-0.25, -0.2) is 17.2 Å². The summed E-state index contributed by atoms with van der Waals surface area (Å²) in [5.74, 6) is -0.349. The Morgan fingerprint density at radius 3 is 2.62 bits per heavy atom. The molecule has 1 aliphatic heterocycles. The molecule has 0 radical (unpaired) electrons. The summed E-state index contributed by atoms with van der Waals surface area (Å²) < 4.78 is 61.1. The van der Waals surface area contributed by atoms with Crippen molar-refractivity contribution in [2.24, 2.45) is 3.77 Å². The van der Waals surface area contributed by atoms with E-state index in [0.717, 1.165) is 10.4 Å². The van der Waals surface area contributed by atoms with E-state index in [1.807, 2.05) is 0 Å². The van der Waals surface area contributed by atoms with Gasteiger partial charge in [-0.3, -0.25) is 0 Å². The summed E-state index contributed by atoms with van der Waals surface area (Å²) in [6.07, 6.45) is 1.22. The molecule has 0 aliphatic carbocycles. The minimum absolute atomic E-state index is 0.0226. The Morgan fingerprint density at radius 2 is 2.00 bits per heavy atom. The lowest BCUT2D eigenvalue weighted by molar-refractivity contribution is 0.315. The summed E-state index contributed by atoms with van der Waals surface area (Å²) in [4.78, 5) is 0. The van der Waals surface area contributed by atoms with Crippen LogP contribution < -0.4 is 9.04 Å². The molecule has 1 aromatic carbocycles. The third kappa shape index (κ3) is 3.27. The van der Waals surface area contributed by atoms with Crippen molar-refractivity contribution in [1.82, 2.24) is 4.31 Å². The highest BCUT2D eigenvalue weighted by molar-refractivity contribution is 8.02. The number of fused-ring (bicyclic) bond motifs is 1. The van der Waals surface area contributed by atoms with Gasteiger partial charge in [0.15, 0.2) is 0 Å². The summed E-state index contributed by atoms with van der Waals surface area (Å²) in [5.41, 5.74) is 0.0546. The van der Waals surface area contributed by atoms with Crippen LogP contribution >= 0.6 is 0 Å². The van der Waals surface area contributed by atoms with Gasteiger partial charge in [0.05, 0.1) is 12.2 Å². The second-order valence-electron chi connectivity index (χ2n) is 4.66. The maximum atomic E-state index is 13.3. The predicted molar refractivity (Wildman–Crippen MR) is 78.3 cm³/mol. The average molecular weight is 337 g/mol. The van der Waals surface area contributed by atoms with Gasteiger partial charge < -0.3 is 4.74 Å². The first-order valence-electron chi connectivity index (χ1n) is 5.99. The Hall–Kier alpha value is -1.39. The molecule has 0 amide bonds. The van der Waals surface area contributed by atoms with Crippen molar-refractivity contribution < 1.29 is 21.8 Å². The molecule has 21 heavy (non-hydrogen) atoms. The summed E-state index contributed by atoms with van der Waals surface area (Å²) in [7, 11) is -4.36. The van der Waals surface area contributed by atoms with Crippen LogP contribution in [0.15, 0.2) is 22.0 Å². The van der Waals surface area contributed by atoms with Crippen molar-refractivity contribution in [2.45, 2.75) is 0 Å². The van der Waals surface area contributed by atoms with Gasteiger partial charge in [-0.2, -0.15) is 8.42 Å². The summed E-state index contributed by atoms with van der Waals surface area (Å²) in [6.45, 7) is 0.0888. The van der Waals surface area contributed by atoms with E-state index < -0.39 is 25.9 Å². The second kappa shape index (κ2) is 5.43. The molecule has 0 N–H and O–H groups in total. The van der Waals surface area contributed by atoms with Crippen molar-refractivity contribution >= 4 is 25.8 Å². The van der Waals surface area contributed by atoms with Crippen LogP contribution in [-0.4, -0.2) is 50.4 Å². The number of nitrogens with zero attached hydrogens (tertiary/aromatic N) is 3. The van der Waals surface area contributed by atoms with Crippen LogP contribution in [0.1, 0.15) is 0 Å². The van der Waals surface area contributed by atoms with Crippen LogP contribution in [0.3, 0.4) is 0 Å². The van der Waals surface area contributed by atoms with E-state index in [-0.39, 0.29) is 24.6 Å². The van der Waals surface area contributed by atoms with Crippen molar-refractivity contribution in [1.29, 1.82) is 0 Å². The van der Waals surface area contributed by atoms with Crippen LogP contribution in [0.5, 0.6) is 5.75 Å². The number of ether oxygens (including phenoxy) is 1. The van der Waals surface area contributed by atoms with Gasteiger partial charge in [-0.15, -0.1) is 0 Å². The fourth-order valence-electron chi connectivity index (χ4n) is 1.69. The Balaban J connectivity index is 2.54. The lowest BCUT2D eigenvalue weighted by atomic mass is 10.2. The summed E-state index contributed by atoms with van der Waals surface area (Å²) in [5, 5.41) is 0. The molecular formula is C11H16FN3O4S2. The molecular weight excluding hydrogens is 321 g/mol. The fraction of sp³-hybridized carbons (Fsp3) is 0.455. The molecule has 118 valence electrons. The molecule has 0 saturated carbocycles. The van der Waals surface area contributed by atoms with Crippen molar-refractivity contribution in [3.63, 3.8) is 0 Å². The van der Waals surface area contributed by atoms with E-state index in [2.05, 4.69) is 3.77 Å². The fourth-order valence-corrected chi connectivity index (χ4v) is 4.64. The topological polar surface area (TPSA) is 79.3 Å². The standard InChI is InChI=1S/C11H16FN3O4S2/c1-14(2)20(3,16)13-21(17,18)15-6-7-19-11-5-4-9(12)8-10(11)15/h4-5,8H,6-7H2,1-3H3. The van der Waals surface area contributed by atoms with Gasteiger partial charge >= 0.3 is 10.2 Å². The highest BCUT2D eigenvalue weighted by atomic mass is 32.3. The summed E-state index contributed by atoms with van der Waals surface area (Å²) >= 11 is 0. The van der Waals surface area contributed by atoms with E-state index in [0.29, 0.717) is 0 Å². The minimum atomic E-state index is -4.22. The highest BCUT2D eigenvalue weighted by Crippen LogP contribution is 2.34. The zero-order valence-corrected chi connectivity index (χ0v) is 13.4. The molecule has 0 saturated heterocycles. The zero-order valence-electron chi connectivity index (χ0n) is 11.8. The van der Waals surface area contributed by atoms with Gasteiger partial charge in [-0.1, -0.05) is 3.77 Å². The Morgan fingerprint density at radius 1 is 1.33 bits per heavy atom. The number of hydrogen-bond donors (Lipinski definition) is 0. The molecule has 1 heterocycles. The minimum Gasteiger partial charge on any atom is -0.489 e. The largest absolute Gasteiger partial charge is 0.489 e. The average Bonchev–Trinajstić information content (AvgIpc) is 2.36. The first kappa shape index (κ1) is 16.0. The van der Waals surface area contributed by atoms with Crippen LogP contribution in [0, 0.1) is 5.82 Å². The molecule has 10 heteroatoms. The van der Waals surface area contributed by atoms with Crippen molar-refractivity contribution in [3.05, 3.63) is 24.0 Å². The number of rotatable bonds is 3. The number of benzene rings is 1. The normalized spacial score (nSPS) is 17.9. The maximum Gasteiger partial charge on any atom is 0.353 e. The third-order valence-electron chi connectivity index (χ3n) is 2.93. The van der Waals surface area contributed by atoms with Crippen molar-refractivity contribution in [2.75, 3.05) is 37.8 Å². The highest BCUT2D eigenvalue weighted by Gasteiger charge is 2.30. The van der Waals surface area contributed by atoms with Crippen LogP contribution in [-0.2, 0) is 20.1 Å². The first-order chi connectivity index (χ1) is 9.63. The molecule has 1 aliphatic rings. The Labute approximate surface area is 123 Å². The van der Waals surface area contributed by atoms with E-state index in [1.165, 1.54) is 36.8 Å². The number of hydrogen-bond acceptors (Lipinski definition) is 4. The van der Waals surface area contributed by atoms with Gasteiger partial charge in [0, 0.05) is 26.4 Å². The van der Waals surface area contributed by atoms with Crippen LogP contribution in [0.4, 0.5) is 10.1 Å². The molecule has 1 atom stereocenters. The Bertz CT molecular complexity index is 770. The van der Waals surface area contributed by atoms with E-state index >= 15 is 0 Å². The number of halogens is 1. The van der Waals surface area contributed by atoms with Gasteiger partial charge in [0.2, 0.25) is 0 Å². The quantitative estimate of drug-likeness (QED) is 0.819. The molecule has 0 fully saturated rings. The molecule has 0 bridgehead atoms. The van der Waals surface area contributed by atoms with Gasteiger partial charge in [0.25, 0.3) is 0 Å². The maximum absolute atomic E-state index is 13.3. The van der Waals surface area contributed by atoms with Crippen LogP contribution in [0.25, 0.3) is 0 Å². The Kier molecular flexibility index (Phi) is 4.13. The lowest BCUT2D eigenvalue weighted by Crippen LogP contribution is -2.38. The monoisotopic (exact) mass is 337 g/mol. The lowest BCUT2D eigenvalue weighted by Gasteiger charge is -2.29. The smallest absolute Gasteiger partial charge is 0.353 e.